The normalized spacial score (nSPS) is 17.5. The lowest BCUT2D eigenvalue weighted by Crippen LogP contribution is -2.41. The summed E-state index contributed by atoms with van der Waals surface area (Å²) in [6, 6.07) is 9.50. The summed E-state index contributed by atoms with van der Waals surface area (Å²) in [5.74, 6) is -1.32. The van der Waals surface area contributed by atoms with Gasteiger partial charge >= 0.3 is 12.0 Å². The van der Waals surface area contributed by atoms with Crippen LogP contribution >= 0.6 is 0 Å². The molecule has 0 spiro atoms. The minimum absolute atomic E-state index is 0.184. The van der Waals surface area contributed by atoms with Gasteiger partial charge in [0.15, 0.2) is 0 Å². The molecular weight excluding hydrogens is 272 g/mol. The van der Waals surface area contributed by atoms with E-state index >= 15 is 0 Å². The molecule has 6 heteroatoms. The number of nitrogens with zero attached hydrogens (tertiary/aromatic N) is 1. The number of hydrogen-bond donors (Lipinski definition) is 2. The van der Waals surface area contributed by atoms with Crippen molar-refractivity contribution < 1.29 is 19.5 Å². The Kier molecular flexibility index (Phi) is 4.92. The fourth-order valence-corrected chi connectivity index (χ4v) is 2.42. The summed E-state index contributed by atoms with van der Waals surface area (Å²) in [6.07, 6.45) is 0.406. The summed E-state index contributed by atoms with van der Waals surface area (Å²) < 4.78 is 0. The van der Waals surface area contributed by atoms with E-state index in [1.807, 2.05) is 30.3 Å². The van der Waals surface area contributed by atoms with Gasteiger partial charge < -0.3 is 10.0 Å². The maximum atomic E-state index is 11.9. The van der Waals surface area contributed by atoms with Crippen LogP contribution in [0.2, 0.25) is 0 Å². The molecule has 1 aromatic rings. The van der Waals surface area contributed by atoms with Crippen molar-refractivity contribution in [3.05, 3.63) is 35.9 Å². The molecule has 1 heterocycles. The lowest BCUT2D eigenvalue weighted by molar-refractivity contribution is -0.138. The van der Waals surface area contributed by atoms with Crippen LogP contribution in [0.3, 0.4) is 0 Å². The minimum atomic E-state index is -1.05. The Hall–Kier alpha value is -2.37. The molecule has 1 aliphatic rings. The quantitative estimate of drug-likeness (QED) is 0.881. The summed E-state index contributed by atoms with van der Waals surface area (Å²) in [4.78, 5) is 35.3. The molecule has 112 valence electrons. The third kappa shape index (κ3) is 4.30. The molecule has 1 saturated heterocycles. The second kappa shape index (κ2) is 6.88. The van der Waals surface area contributed by atoms with Crippen molar-refractivity contribution in [2.45, 2.75) is 25.2 Å². The summed E-state index contributed by atoms with van der Waals surface area (Å²) >= 11 is 0. The monoisotopic (exact) mass is 290 g/mol. The first-order valence-corrected chi connectivity index (χ1v) is 6.92. The highest BCUT2D eigenvalue weighted by atomic mass is 16.4. The number of carboxylic acids is 1. The molecule has 1 atom stereocenters. The molecule has 1 aromatic carbocycles. The van der Waals surface area contributed by atoms with Crippen LogP contribution in [-0.2, 0) is 9.59 Å². The predicted octanol–water partition coefficient (Wildman–Crippen LogP) is 1.58. The average molecular weight is 290 g/mol. The van der Waals surface area contributed by atoms with Crippen LogP contribution in [0.15, 0.2) is 30.3 Å². The highest BCUT2D eigenvalue weighted by Gasteiger charge is 2.27. The third-order valence-corrected chi connectivity index (χ3v) is 3.56. The summed E-state index contributed by atoms with van der Waals surface area (Å²) in [6.45, 7) is 1.17. The Morgan fingerprint density at radius 2 is 1.90 bits per heavy atom. The van der Waals surface area contributed by atoms with Crippen molar-refractivity contribution in [3.8, 4) is 0 Å². The molecule has 2 N–H and O–H groups in total. The fraction of sp³-hybridized carbons (Fsp3) is 0.400. The van der Waals surface area contributed by atoms with E-state index < -0.39 is 17.9 Å². The zero-order valence-corrected chi connectivity index (χ0v) is 11.6. The van der Waals surface area contributed by atoms with E-state index in [-0.39, 0.29) is 18.8 Å². The number of rotatable bonds is 4. The Labute approximate surface area is 122 Å². The van der Waals surface area contributed by atoms with Gasteiger partial charge in [-0.2, -0.15) is 0 Å². The second-order valence-corrected chi connectivity index (χ2v) is 5.09. The number of hydrogen-bond acceptors (Lipinski definition) is 3. The molecule has 21 heavy (non-hydrogen) atoms. The number of imide groups is 1. The molecular formula is C15H18N2O4. The number of urea groups is 1. The molecule has 0 aromatic heterocycles. The average Bonchev–Trinajstić information content (AvgIpc) is 2.96. The third-order valence-electron chi connectivity index (χ3n) is 3.56. The maximum absolute atomic E-state index is 11.9. The summed E-state index contributed by atoms with van der Waals surface area (Å²) in [7, 11) is 0. The number of likely N-dealkylation sites (tertiary alicyclic amines) is 1. The van der Waals surface area contributed by atoms with E-state index in [1.165, 1.54) is 5.56 Å². The van der Waals surface area contributed by atoms with Crippen molar-refractivity contribution in [1.29, 1.82) is 0 Å². The zero-order valence-electron chi connectivity index (χ0n) is 11.6. The molecule has 1 fully saturated rings. The Balaban J connectivity index is 1.82. The Bertz CT molecular complexity index is 530. The van der Waals surface area contributed by atoms with Crippen LogP contribution < -0.4 is 5.32 Å². The van der Waals surface area contributed by atoms with Gasteiger partial charge in [0.25, 0.3) is 0 Å². The highest BCUT2D eigenvalue weighted by Crippen LogP contribution is 2.26. The van der Waals surface area contributed by atoms with E-state index in [9.17, 15) is 14.4 Å². The molecule has 1 unspecified atom stereocenters. The van der Waals surface area contributed by atoms with E-state index in [0.717, 1.165) is 6.42 Å². The number of carbonyl (C=O) groups is 3. The lowest BCUT2D eigenvalue weighted by Gasteiger charge is -2.16. The molecule has 1 aliphatic heterocycles. The first kappa shape index (κ1) is 15.0. The van der Waals surface area contributed by atoms with Crippen molar-refractivity contribution in [3.63, 3.8) is 0 Å². The lowest BCUT2D eigenvalue weighted by atomic mass is 9.99. The minimum Gasteiger partial charge on any atom is -0.481 e. The van der Waals surface area contributed by atoms with Crippen LogP contribution in [0.1, 0.15) is 30.7 Å². The predicted molar refractivity (Wildman–Crippen MR) is 75.8 cm³/mol. The molecule has 6 nitrogen and oxygen atoms in total. The number of carboxylic acid groups (broad SMARTS) is 1. The zero-order chi connectivity index (χ0) is 15.2. The highest BCUT2D eigenvalue weighted by molar-refractivity contribution is 5.95. The molecule has 2 rings (SSSR count). The van der Waals surface area contributed by atoms with Gasteiger partial charge in [-0.25, -0.2) is 4.79 Å². The largest absolute Gasteiger partial charge is 0.481 e. The van der Waals surface area contributed by atoms with Crippen molar-refractivity contribution in [2.24, 2.45) is 0 Å². The van der Waals surface area contributed by atoms with Crippen molar-refractivity contribution in [2.75, 3.05) is 13.1 Å². The number of carbonyl (C=O) groups excluding carboxylic acids is 2. The van der Waals surface area contributed by atoms with Gasteiger partial charge in [-0.05, 0) is 12.0 Å². The fourth-order valence-electron chi connectivity index (χ4n) is 2.42. The standard InChI is InChI=1S/C15H18N2O4/c18-13(6-7-14(19)20)16-15(21)17-9-8-12(10-17)11-4-2-1-3-5-11/h1-5,12H,6-10H2,(H,19,20)(H,16,18,21). The Morgan fingerprint density at radius 1 is 1.19 bits per heavy atom. The van der Waals surface area contributed by atoms with E-state index in [2.05, 4.69) is 5.32 Å². The topological polar surface area (TPSA) is 86.7 Å². The van der Waals surface area contributed by atoms with E-state index in [4.69, 9.17) is 5.11 Å². The SMILES string of the molecule is O=C(O)CCC(=O)NC(=O)N1CCC(c2ccccc2)C1. The number of benzene rings is 1. The van der Waals surface area contributed by atoms with Crippen molar-refractivity contribution in [1.82, 2.24) is 10.2 Å². The smallest absolute Gasteiger partial charge is 0.324 e. The maximum Gasteiger partial charge on any atom is 0.324 e. The van der Waals surface area contributed by atoms with Crippen LogP contribution in [0.4, 0.5) is 4.79 Å². The first-order chi connectivity index (χ1) is 10.1. The Morgan fingerprint density at radius 3 is 2.57 bits per heavy atom. The van der Waals surface area contributed by atoms with Crippen LogP contribution in [-0.4, -0.2) is 41.0 Å². The van der Waals surface area contributed by atoms with Crippen LogP contribution in [0.25, 0.3) is 0 Å². The van der Waals surface area contributed by atoms with Crippen molar-refractivity contribution >= 4 is 17.9 Å². The summed E-state index contributed by atoms with van der Waals surface area (Å²) in [5, 5.41) is 10.7. The van der Waals surface area contributed by atoms with E-state index in [0.29, 0.717) is 13.1 Å². The van der Waals surface area contributed by atoms with Gasteiger partial charge in [-0.3, -0.25) is 14.9 Å². The van der Waals surface area contributed by atoms with Gasteiger partial charge in [0.05, 0.1) is 6.42 Å². The molecule has 0 aliphatic carbocycles. The van der Waals surface area contributed by atoms with E-state index in [1.54, 1.807) is 4.90 Å². The van der Waals surface area contributed by atoms with Crippen LogP contribution in [0, 0.1) is 0 Å². The van der Waals surface area contributed by atoms with Gasteiger partial charge in [0.1, 0.15) is 0 Å². The molecule has 0 radical (unpaired) electrons. The first-order valence-electron chi connectivity index (χ1n) is 6.92. The second-order valence-electron chi connectivity index (χ2n) is 5.09. The van der Waals surface area contributed by atoms with Gasteiger partial charge in [-0.15, -0.1) is 0 Å². The summed E-state index contributed by atoms with van der Waals surface area (Å²) in [5.41, 5.74) is 1.19. The van der Waals surface area contributed by atoms with Gasteiger partial charge in [0, 0.05) is 25.4 Å². The number of aliphatic carboxylic acids is 1. The molecule has 0 bridgehead atoms. The van der Waals surface area contributed by atoms with Gasteiger partial charge in [-0.1, -0.05) is 30.3 Å². The molecule has 3 amide bonds. The number of nitrogens with one attached hydrogen (secondary N) is 1. The van der Waals surface area contributed by atoms with Gasteiger partial charge in [0.2, 0.25) is 5.91 Å². The number of amides is 3. The van der Waals surface area contributed by atoms with Crippen LogP contribution in [0.5, 0.6) is 0 Å². The molecule has 0 saturated carbocycles.